The molecule has 2 aromatic carbocycles. The Morgan fingerprint density at radius 2 is 1.74 bits per heavy atom. The molecular formula is C16H18FNO. The van der Waals surface area contributed by atoms with Crippen molar-refractivity contribution >= 4 is 11.4 Å². The number of hydrogen-bond donors (Lipinski definition) is 1. The molecule has 0 radical (unpaired) electrons. The van der Waals surface area contributed by atoms with Crippen LogP contribution in [0.2, 0.25) is 0 Å². The maximum atomic E-state index is 14.1. The number of rotatable bonds is 3. The predicted octanol–water partition coefficient (Wildman–Crippen LogP) is 3.96. The van der Waals surface area contributed by atoms with Gasteiger partial charge in [0.25, 0.3) is 0 Å². The molecule has 19 heavy (non-hydrogen) atoms. The molecule has 0 saturated heterocycles. The van der Waals surface area contributed by atoms with Gasteiger partial charge in [-0.1, -0.05) is 23.8 Å². The number of nitrogens with zero attached hydrogens (tertiary/aromatic N) is 1. The minimum atomic E-state index is -0.659. The second-order valence-corrected chi connectivity index (χ2v) is 4.78. The fourth-order valence-electron chi connectivity index (χ4n) is 1.96. The van der Waals surface area contributed by atoms with E-state index in [-0.39, 0.29) is 5.82 Å². The van der Waals surface area contributed by atoms with E-state index in [0.29, 0.717) is 11.3 Å². The lowest BCUT2D eigenvalue weighted by Gasteiger charge is -2.21. The zero-order valence-electron chi connectivity index (χ0n) is 11.4. The number of benzene rings is 2. The highest BCUT2D eigenvalue weighted by atomic mass is 19.1. The number of anilines is 2. The first-order valence-electron chi connectivity index (χ1n) is 6.27. The third-order valence-corrected chi connectivity index (χ3v) is 3.24. The van der Waals surface area contributed by atoms with Gasteiger partial charge < -0.3 is 10.0 Å². The van der Waals surface area contributed by atoms with E-state index in [4.69, 9.17) is 0 Å². The lowest BCUT2D eigenvalue weighted by atomic mass is 10.1. The Morgan fingerprint density at radius 3 is 2.26 bits per heavy atom. The molecule has 2 aromatic rings. The van der Waals surface area contributed by atoms with Gasteiger partial charge in [-0.25, -0.2) is 4.39 Å². The SMILES string of the molecule is Cc1ccc(N(C)c2ccc([C@H](C)O)cc2F)cc1. The fraction of sp³-hybridized carbons (Fsp3) is 0.250. The zero-order chi connectivity index (χ0) is 14.0. The van der Waals surface area contributed by atoms with Crippen molar-refractivity contribution in [3.05, 3.63) is 59.4 Å². The molecule has 0 unspecified atom stereocenters. The van der Waals surface area contributed by atoms with Gasteiger partial charge in [-0.15, -0.1) is 0 Å². The van der Waals surface area contributed by atoms with Crippen LogP contribution in [0.15, 0.2) is 42.5 Å². The van der Waals surface area contributed by atoms with Gasteiger partial charge in [0.1, 0.15) is 5.82 Å². The molecule has 100 valence electrons. The van der Waals surface area contributed by atoms with Crippen LogP contribution in [0.1, 0.15) is 24.2 Å². The Morgan fingerprint density at radius 1 is 1.11 bits per heavy atom. The van der Waals surface area contributed by atoms with Crippen LogP contribution in [0.25, 0.3) is 0 Å². The van der Waals surface area contributed by atoms with Gasteiger partial charge in [0.05, 0.1) is 11.8 Å². The normalized spacial score (nSPS) is 12.3. The summed E-state index contributed by atoms with van der Waals surface area (Å²) in [5.41, 5.74) is 3.17. The maximum absolute atomic E-state index is 14.1. The van der Waals surface area contributed by atoms with E-state index in [1.54, 1.807) is 24.0 Å². The smallest absolute Gasteiger partial charge is 0.147 e. The van der Waals surface area contributed by atoms with Crippen LogP contribution in [0.5, 0.6) is 0 Å². The van der Waals surface area contributed by atoms with Crippen molar-refractivity contribution in [1.82, 2.24) is 0 Å². The Kier molecular flexibility index (Phi) is 3.86. The molecule has 0 aromatic heterocycles. The van der Waals surface area contributed by atoms with Gasteiger partial charge in [-0.3, -0.25) is 0 Å². The van der Waals surface area contributed by atoms with E-state index >= 15 is 0 Å². The summed E-state index contributed by atoms with van der Waals surface area (Å²) in [6.07, 6.45) is -0.659. The van der Waals surface area contributed by atoms with Crippen molar-refractivity contribution in [1.29, 1.82) is 0 Å². The number of halogens is 1. The van der Waals surface area contributed by atoms with Crippen molar-refractivity contribution in [3.63, 3.8) is 0 Å². The minimum absolute atomic E-state index is 0.332. The summed E-state index contributed by atoms with van der Waals surface area (Å²) in [5.74, 6) is -0.332. The van der Waals surface area contributed by atoms with Crippen LogP contribution in [-0.4, -0.2) is 12.2 Å². The van der Waals surface area contributed by atoms with Crippen LogP contribution in [-0.2, 0) is 0 Å². The first kappa shape index (κ1) is 13.6. The summed E-state index contributed by atoms with van der Waals surface area (Å²) in [6, 6.07) is 12.7. The van der Waals surface area contributed by atoms with E-state index in [0.717, 1.165) is 5.69 Å². The van der Waals surface area contributed by atoms with Gasteiger partial charge in [-0.05, 0) is 43.7 Å². The van der Waals surface area contributed by atoms with Crippen molar-refractivity contribution in [2.24, 2.45) is 0 Å². The first-order chi connectivity index (χ1) is 8.99. The Labute approximate surface area is 113 Å². The van der Waals surface area contributed by atoms with Gasteiger partial charge in [0.15, 0.2) is 0 Å². The van der Waals surface area contributed by atoms with Crippen molar-refractivity contribution in [2.45, 2.75) is 20.0 Å². The molecule has 0 heterocycles. The fourth-order valence-corrected chi connectivity index (χ4v) is 1.96. The maximum Gasteiger partial charge on any atom is 0.147 e. The monoisotopic (exact) mass is 259 g/mol. The molecule has 0 spiro atoms. The molecule has 2 rings (SSSR count). The highest BCUT2D eigenvalue weighted by Gasteiger charge is 2.11. The van der Waals surface area contributed by atoms with Crippen molar-refractivity contribution < 1.29 is 9.50 Å². The summed E-state index contributed by atoms with van der Waals surface area (Å²) in [7, 11) is 1.82. The van der Waals surface area contributed by atoms with E-state index in [2.05, 4.69) is 0 Å². The first-order valence-corrected chi connectivity index (χ1v) is 6.27. The molecule has 0 aliphatic rings. The molecule has 0 bridgehead atoms. The summed E-state index contributed by atoms with van der Waals surface area (Å²) >= 11 is 0. The number of aliphatic hydroxyl groups is 1. The van der Waals surface area contributed by atoms with Crippen LogP contribution < -0.4 is 4.90 Å². The van der Waals surface area contributed by atoms with E-state index in [9.17, 15) is 9.50 Å². The largest absolute Gasteiger partial charge is 0.389 e. The summed E-state index contributed by atoms with van der Waals surface area (Å²) < 4.78 is 14.1. The molecular weight excluding hydrogens is 241 g/mol. The summed E-state index contributed by atoms with van der Waals surface area (Å²) in [5, 5.41) is 9.44. The molecule has 0 saturated carbocycles. The number of aryl methyl sites for hydroxylation is 1. The highest BCUT2D eigenvalue weighted by molar-refractivity contribution is 5.63. The molecule has 0 fully saturated rings. The Bertz CT molecular complexity index is 563. The molecule has 0 aliphatic carbocycles. The Balaban J connectivity index is 2.33. The van der Waals surface area contributed by atoms with E-state index in [1.807, 2.05) is 38.2 Å². The number of aliphatic hydroxyl groups excluding tert-OH is 1. The van der Waals surface area contributed by atoms with Crippen molar-refractivity contribution in [3.8, 4) is 0 Å². The average Bonchev–Trinajstić information content (AvgIpc) is 2.38. The van der Waals surface area contributed by atoms with Crippen molar-refractivity contribution in [2.75, 3.05) is 11.9 Å². The van der Waals surface area contributed by atoms with Gasteiger partial charge >= 0.3 is 0 Å². The van der Waals surface area contributed by atoms with Gasteiger partial charge in [0.2, 0.25) is 0 Å². The lowest BCUT2D eigenvalue weighted by Crippen LogP contribution is -2.11. The molecule has 1 N–H and O–H groups in total. The lowest BCUT2D eigenvalue weighted by molar-refractivity contribution is 0.199. The van der Waals surface area contributed by atoms with Crippen LogP contribution in [0, 0.1) is 12.7 Å². The quantitative estimate of drug-likeness (QED) is 0.902. The predicted molar refractivity (Wildman–Crippen MR) is 76.3 cm³/mol. The molecule has 3 heteroatoms. The Hall–Kier alpha value is -1.87. The van der Waals surface area contributed by atoms with Gasteiger partial charge in [-0.2, -0.15) is 0 Å². The van der Waals surface area contributed by atoms with Crippen LogP contribution in [0.4, 0.5) is 15.8 Å². The van der Waals surface area contributed by atoms with Crippen LogP contribution >= 0.6 is 0 Å². The second-order valence-electron chi connectivity index (χ2n) is 4.78. The highest BCUT2D eigenvalue weighted by Crippen LogP contribution is 2.28. The minimum Gasteiger partial charge on any atom is -0.389 e. The summed E-state index contributed by atoms with van der Waals surface area (Å²) in [4.78, 5) is 1.79. The molecule has 1 atom stereocenters. The molecule has 0 aliphatic heterocycles. The van der Waals surface area contributed by atoms with E-state index in [1.165, 1.54) is 11.6 Å². The molecule has 2 nitrogen and oxygen atoms in total. The van der Waals surface area contributed by atoms with E-state index < -0.39 is 6.10 Å². The average molecular weight is 259 g/mol. The molecule has 0 amide bonds. The second kappa shape index (κ2) is 5.41. The number of hydrogen-bond acceptors (Lipinski definition) is 2. The van der Waals surface area contributed by atoms with Crippen LogP contribution in [0.3, 0.4) is 0 Å². The standard InChI is InChI=1S/C16H18FNO/c1-11-4-7-14(8-5-11)18(3)16-9-6-13(12(2)19)10-15(16)17/h4-10,12,19H,1-3H3/t12-/m0/s1. The van der Waals surface area contributed by atoms with Gasteiger partial charge in [0, 0.05) is 12.7 Å². The summed E-state index contributed by atoms with van der Waals surface area (Å²) in [6.45, 7) is 3.64. The topological polar surface area (TPSA) is 23.5 Å². The third kappa shape index (κ3) is 2.93. The zero-order valence-corrected chi connectivity index (χ0v) is 11.4. The third-order valence-electron chi connectivity index (χ3n) is 3.24.